The highest BCUT2D eigenvalue weighted by Gasteiger charge is 2.25. The average molecular weight is 354 g/mol. The third-order valence-electron chi connectivity index (χ3n) is 4.50. The van der Waals surface area contributed by atoms with E-state index in [0.717, 1.165) is 16.7 Å². The molecule has 0 fully saturated rings. The summed E-state index contributed by atoms with van der Waals surface area (Å²) in [6.07, 6.45) is 2.08. The normalized spacial score (nSPS) is 12.8. The van der Waals surface area contributed by atoms with Gasteiger partial charge in [0.25, 0.3) is 0 Å². The number of fused-ring (bicyclic) bond motifs is 1. The predicted molar refractivity (Wildman–Crippen MR) is 109 cm³/mol. The summed E-state index contributed by atoms with van der Waals surface area (Å²) in [5, 5.41) is 0. The minimum Gasteiger partial charge on any atom is -0.436 e. The van der Waals surface area contributed by atoms with Crippen molar-refractivity contribution in [2.24, 2.45) is 0 Å². The second-order valence-electron chi connectivity index (χ2n) is 8.62. The molecule has 0 saturated carbocycles. The summed E-state index contributed by atoms with van der Waals surface area (Å²) in [6, 6.07) is 12.8. The molecule has 1 aromatic heterocycles. The monoisotopic (exact) mass is 353 g/mol. The first-order valence-electron chi connectivity index (χ1n) is 8.69. The molecule has 0 spiro atoms. The van der Waals surface area contributed by atoms with Crippen LogP contribution in [0.3, 0.4) is 0 Å². The molecule has 132 valence electrons. The Bertz CT molecular complexity index is 893. The van der Waals surface area contributed by atoms with E-state index in [1.165, 1.54) is 16.0 Å². The Labute approximate surface area is 155 Å². The molecular formula is C22H27NOS. The van der Waals surface area contributed by atoms with E-state index in [-0.39, 0.29) is 10.8 Å². The number of oxazole rings is 1. The number of aromatic nitrogens is 1. The fourth-order valence-electron chi connectivity index (χ4n) is 2.88. The van der Waals surface area contributed by atoms with Gasteiger partial charge in [-0.3, -0.25) is 0 Å². The molecule has 0 N–H and O–H groups in total. The molecule has 0 aliphatic rings. The maximum atomic E-state index is 6.24. The van der Waals surface area contributed by atoms with Gasteiger partial charge in [0.2, 0.25) is 5.89 Å². The predicted octanol–water partition coefficient (Wildman–Crippen LogP) is 6.81. The molecule has 0 saturated heterocycles. The topological polar surface area (TPSA) is 26.0 Å². The van der Waals surface area contributed by atoms with Gasteiger partial charge in [-0.15, -0.1) is 11.8 Å². The lowest BCUT2D eigenvalue weighted by Gasteiger charge is -2.24. The van der Waals surface area contributed by atoms with Gasteiger partial charge < -0.3 is 4.42 Å². The summed E-state index contributed by atoms with van der Waals surface area (Å²) < 4.78 is 6.24. The van der Waals surface area contributed by atoms with Gasteiger partial charge in [-0.25, -0.2) is 4.98 Å². The highest BCUT2D eigenvalue weighted by molar-refractivity contribution is 7.98. The minimum absolute atomic E-state index is 0.000971. The van der Waals surface area contributed by atoms with Crippen molar-refractivity contribution in [3.63, 3.8) is 0 Å². The molecule has 0 aliphatic heterocycles. The highest BCUT2D eigenvalue weighted by Crippen LogP contribution is 2.37. The smallest absolute Gasteiger partial charge is 0.227 e. The van der Waals surface area contributed by atoms with Crippen LogP contribution in [0, 0.1) is 0 Å². The van der Waals surface area contributed by atoms with E-state index in [2.05, 4.69) is 84.2 Å². The second kappa shape index (κ2) is 6.21. The van der Waals surface area contributed by atoms with Crippen LogP contribution in [0.4, 0.5) is 0 Å². The van der Waals surface area contributed by atoms with Gasteiger partial charge in [0.1, 0.15) is 5.52 Å². The standard InChI is InChI=1S/C22H27NOS/c1-21(2,3)15-12-17(22(4,5)6)19-18(13-15)23-20(24-19)14-8-10-16(25-7)11-9-14/h8-13H,1-7H3. The summed E-state index contributed by atoms with van der Waals surface area (Å²) in [6.45, 7) is 13.4. The molecule has 25 heavy (non-hydrogen) atoms. The van der Waals surface area contributed by atoms with Crippen LogP contribution in [0.1, 0.15) is 52.7 Å². The lowest BCUT2D eigenvalue weighted by molar-refractivity contribution is 0.552. The Morgan fingerprint density at radius 3 is 2.04 bits per heavy atom. The Balaban J connectivity index is 2.21. The highest BCUT2D eigenvalue weighted by atomic mass is 32.2. The lowest BCUT2D eigenvalue weighted by Crippen LogP contribution is -2.16. The first kappa shape index (κ1) is 18.1. The van der Waals surface area contributed by atoms with Gasteiger partial charge >= 0.3 is 0 Å². The van der Waals surface area contributed by atoms with E-state index in [1.807, 2.05) is 0 Å². The fraction of sp³-hybridized carbons (Fsp3) is 0.409. The number of rotatable bonds is 2. The zero-order valence-electron chi connectivity index (χ0n) is 16.2. The molecule has 2 aromatic carbocycles. The van der Waals surface area contributed by atoms with Crippen molar-refractivity contribution < 1.29 is 4.42 Å². The van der Waals surface area contributed by atoms with Crippen LogP contribution < -0.4 is 0 Å². The fourth-order valence-corrected chi connectivity index (χ4v) is 3.29. The van der Waals surface area contributed by atoms with Crippen LogP contribution in [0.15, 0.2) is 45.7 Å². The van der Waals surface area contributed by atoms with Crippen LogP contribution in [0.25, 0.3) is 22.6 Å². The summed E-state index contributed by atoms with van der Waals surface area (Å²) >= 11 is 1.74. The van der Waals surface area contributed by atoms with Crippen LogP contribution in [0.5, 0.6) is 0 Å². The first-order chi connectivity index (χ1) is 11.6. The van der Waals surface area contributed by atoms with Crippen LogP contribution >= 0.6 is 11.8 Å². The van der Waals surface area contributed by atoms with Gasteiger partial charge in [0.15, 0.2) is 5.58 Å². The number of benzene rings is 2. The molecule has 3 aromatic rings. The molecule has 0 atom stereocenters. The number of nitrogens with zero attached hydrogens (tertiary/aromatic N) is 1. The van der Waals surface area contributed by atoms with E-state index < -0.39 is 0 Å². The molecule has 3 heteroatoms. The number of hydrogen-bond acceptors (Lipinski definition) is 3. The Hall–Kier alpha value is -1.74. The zero-order chi connectivity index (χ0) is 18.4. The van der Waals surface area contributed by atoms with E-state index in [9.17, 15) is 0 Å². The SMILES string of the molecule is CSc1ccc(-c2nc3cc(C(C)(C)C)cc(C(C)(C)C)c3o2)cc1. The number of thioether (sulfide) groups is 1. The molecule has 3 rings (SSSR count). The maximum absolute atomic E-state index is 6.24. The molecule has 0 radical (unpaired) electrons. The van der Waals surface area contributed by atoms with Crippen molar-refractivity contribution >= 4 is 22.9 Å². The van der Waals surface area contributed by atoms with Crippen LogP contribution in [0.2, 0.25) is 0 Å². The van der Waals surface area contributed by atoms with Crippen LogP contribution in [-0.4, -0.2) is 11.2 Å². The maximum Gasteiger partial charge on any atom is 0.227 e. The molecule has 1 heterocycles. The van der Waals surface area contributed by atoms with Crippen molar-refractivity contribution in [1.29, 1.82) is 0 Å². The zero-order valence-corrected chi connectivity index (χ0v) is 17.0. The van der Waals surface area contributed by atoms with Gasteiger partial charge in [-0.2, -0.15) is 0 Å². The minimum atomic E-state index is -0.000971. The Morgan fingerprint density at radius 2 is 1.52 bits per heavy atom. The Kier molecular flexibility index (Phi) is 4.48. The number of hydrogen-bond donors (Lipinski definition) is 0. The largest absolute Gasteiger partial charge is 0.436 e. The van der Waals surface area contributed by atoms with Crippen molar-refractivity contribution in [3.05, 3.63) is 47.5 Å². The van der Waals surface area contributed by atoms with Gasteiger partial charge in [0.05, 0.1) is 0 Å². The van der Waals surface area contributed by atoms with Crippen molar-refractivity contribution in [2.45, 2.75) is 57.3 Å². The molecule has 0 aliphatic carbocycles. The average Bonchev–Trinajstić information content (AvgIpc) is 2.96. The molecule has 0 amide bonds. The van der Waals surface area contributed by atoms with E-state index in [0.29, 0.717) is 5.89 Å². The summed E-state index contributed by atoms with van der Waals surface area (Å²) in [7, 11) is 0. The molecular weight excluding hydrogens is 326 g/mol. The van der Waals surface area contributed by atoms with Gasteiger partial charge in [0, 0.05) is 16.0 Å². The van der Waals surface area contributed by atoms with E-state index in [4.69, 9.17) is 9.40 Å². The third-order valence-corrected chi connectivity index (χ3v) is 5.24. The molecule has 2 nitrogen and oxygen atoms in total. The Morgan fingerprint density at radius 1 is 0.880 bits per heavy atom. The summed E-state index contributed by atoms with van der Waals surface area (Å²) in [4.78, 5) is 6.05. The van der Waals surface area contributed by atoms with Gasteiger partial charge in [-0.1, -0.05) is 47.6 Å². The molecule has 0 unspecified atom stereocenters. The molecule has 0 bridgehead atoms. The lowest BCUT2D eigenvalue weighted by atomic mass is 9.80. The van der Waals surface area contributed by atoms with Crippen LogP contribution in [-0.2, 0) is 10.8 Å². The van der Waals surface area contributed by atoms with Gasteiger partial charge in [-0.05, 0) is 53.0 Å². The first-order valence-corrected chi connectivity index (χ1v) is 9.92. The second-order valence-corrected chi connectivity index (χ2v) is 9.50. The van der Waals surface area contributed by atoms with E-state index in [1.54, 1.807) is 11.8 Å². The van der Waals surface area contributed by atoms with E-state index >= 15 is 0 Å². The summed E-state index contributed by atoms with van der Waals surface area (Å²) in [5.74, 6) is 0.694. The quantitative estimate of drug-likeness (QED) is 0.473. The summed E-state index contributed by atoms with van der Waals surface area (Å²) in [5.41, 5.74) is 5.46. The van der Waals surface area contributed by atoms with Crippen molar-refractivity contribution in [1.82, 2.24) is 4.98 Å². The van der Waals surface area contributed by atoms with Crippen molar-refractivity contribution in [2.75, 3.05) is 6.26 Å². The van der Waals surface area contributed by atoms with Crippen molar-refractivity contribution in [3.8, 4) is 11.5 Å². The third kappa shape index (κ3) is 3.62.